The summed E-state index contributed by atoms with van der Waals surface area (Å²) >= 11 is 1.72. The van der Waals surface area contributed by atoms with Gasteiger partial charge in [0.1, 0.15) is 6.61 Å². The van der Waals surface area contributed by atoms with Crippen molar-refractivity contribution in [3.05, 3.63) is 21.9 Å². The minimum atomic E-state index is -0.0682. The molecule has 0 aliphatic carbocycles. The summed E-state index contributed by atoms with van der Waals surface area (Å²) in [7, 11) is 0. The van der Waals surface area contributed by atoms with Gasteiger partial charge in [0.15, 0.2) is 0 Å². The fourth-order valence-corrected chi connectivity index (χ4v) is 2.63. The minimum Gasteiger partial charge on any atom is -0.474 e. The summed E-state index contributed by atoms with van der Waals surface area (Å²) in [6.45, 7) is 11.5. The van der Waals surface area contributed by atoms with Gasteiger partial charge in [0.2, 0.25) is 5.90 Å². The summed E-state index contributed by atoms with van der Waals surface area (Å²) in [5, 5.41) is 2.20. The maximum Gasteiger partial charge on any atom is 0.227 e. The fraction of sp³-hybridized carbons (Fsp3) is 0.615. The minimum absolute atomic E-state index is 0.0682. The maximum absolute atomic E-state index is 5.64. The Labute approximate surface area is 101 Å². The van der Waals surface area contributed by atoms with Gasteiger partial charge in [-0.1, -0.05) is 20.8 Å². The van der Waals surface area contributed by atoms with E-state index in [0.717, 1.165) is 10.8 Å². The molecule has 0 atom stereocenters. The summed E-state index contributed by atoms with van der Waals surface area (Å²) in [6.07, 6.45) is 0. The highest BCUT2D eigenvalue weighted by molar-refractivity contribution is 7.12. The van der Waals surface area contributed by atoms with Crippen LogP contribution in [0, 0.1) is 0 Å². The van der Waals surface area contributed by atoms with Gasteiger partial charge in [0.05, 0.1) is 10.4 Å². The van der Waals surface area contributed by atoms with Crippen molar-refractivity contribution in [3.8, 4) is 0 Å². The van der Waals surface area contributed by atoms with Gasteiger partial charge in [-0.2, -0.15) is 0 Å². The highest BCUT2D eigenvalue weighted by Gasteiger charge is 2.28. The molecule has 1 aliphatic rings. The average Bonchev–Trinajstić information content (AvgIpc) is 2.68. The Morgan fingerprint density at radius 1 is 1.38 bits per heavy atom. The molecular weight excluding hydrogens is 218 g/mol. The van der Waals surface area contributed by atoms with Gasteiger partial charge in [0, 0.05) is 0 Å². The number of thiophene rings is 1. The van der Waals surface area contributed by atoms with E-state index >= 15 is 0 Å². The average molecular weight is 237 g/mol. The van der Waals surface area contributed by atoms with Gasteiger partial charge in [0.25, 0.3) is 0 Å². The number of ether oxygens (including phenoxy) is 1. The van der Waals surface area contributed by atoms with Crippen molar-refractivity contribution in [2.75, 3.05) is 6.61 Å². The van der Waals surface area contributed by atoms with E-state index in [4.69, 9.17) is 4.74 Å². The molecule has 1 aromatic heterocycles. The molecule has 0 aromatic carbocycles. The third kappa shape index (κ3) is 2.29. The molecule has 0 fully saturated rings. The first-order valence-corrected chi connectivity index (χ1v) is 6.48. The lowest BCUT2D eigenvalue weighted by Gasteiger charge is -2.15. The molecule has 0 bridgehead atoms. The van der Waals surface area contributed by atoms with E-state index in [1.54, 1.807) is 11.3 Å². The molecule has 0 amide bonds. The van der Waals surface area contributed by atoms with Crippen LogP contribution in [0.15, 0.2) is 16.4 Å². The van der Waals surface area contributed by atoms with Crippen LogP contribution in [-0.4, -0.2) is 18.0 Å². The van der Waals surface area contributed by atoms with Crippen molar-refractivity contribution >= 4 is 17.2 Å². The molecule has 0 saturated heterocycles. The third-order valence-electron chi connectivity index (χ3n) is 2.64. The lowest BCUT2D eigenvalue weighted by atomic mass is 9.89. The normalized spacial score (nSPS) is 19.4. The van der Waals surface area contributed by atoms with Crippen LogP contribution in [0.3, 0.4) is 0 Å². The van der Waals surface area contributed by atoms with E-state index in [1.165, 1.54) is 5.56 Å². The van der Waals surface area contributed by atoms with E-state index in [1.807, 2.05) is 0 Å². The quantitative estimate of drug-likeness (QED) is 0.731. The van der Waals surface area contributed by atoms with Crippen LogP contribution in [0.1, 0.15) is 45.1 Å². The second kappa shape index (κ2) is 3.59. The highest BCUT2D eigenvalue weighted by Crippen LogP contribution is 2.30. The molecule has 0 spiro atoms. The second-order valence-corrected chi connectivity index (χ2v) is 6.88. The zero-order chi connectivity index (χ0) is 12.0. The van der Waals surface area contributed by atoms with Crippen molar-refractivity contribution in [1.29, 1.82) is 0 Å². The van der Waals surface area contributed by atoms with Crippen LogP contribution in [0.5, 0.6) is 0 Å². The first-order valence-electron chi connectivity index (χ1n) is 5.60. The van der Waals surface area contributed by atoms with Gasteiger partial charge in [-0.25, -0.2) is 4.99 Å². The molecule has 0 saturated carbocycles. The molecule has 0 radical (unpaired) electrons. The second-order valence-electron chi connectivity index (χ2n) is 5.97. The smallest absolute Gasteiger partial charge is 0.227 e. The van der Waals surface area contributed by atoms with Crippen LogP contribution >= 0.6 is 11.3 Å². The Bertz CT molecular complexity index is 423. The number of hydrogen-bond acceptors (Lipinski definition) is 3. The van der Waals surface area contributed by atoms with Crippen LogP contribution < -0.4 is 0 Å². The SMILES string of the molecule is CC1(C)COC(c2cc(C(C)(C)C)cs2)=N1. The number of aliphatic imine (C=N–C) groups is 1. The topological polar surface area (TPSA) is 21.6 Å². The zero-order valence-corrected chi connectivity index (χ0v) is 11.4. The molecule has 2 heterocycles. The number of hydrogen-bond donors (Lipinski definition) is 0. The summed E-state index contributed by atoms with van der Waals surface area (Å²) in [6, 6.07) is 2.20. The van der Waals surface area contributed by atoms with Gasteiger partial charge >= 0.3 is 0 Å². The van der Waals surface area contributed by atoms with Gasteiger partial charge in [-0.3, -0.25) is 0 Å². The van der Waals surface area contributed by atoms with Crippen molar-refractivity contribution in [2.45, 2.75) is 45.6 Å². The molecule has 16 heavy (non-hydrogen) atoms. The van der Waals surface area contributed by atoms with Crippen molar-refractivity contribution in [2.24, 2.45) is 4.99 Å². The fourth-order valence-electron chi connectivity index (χ4n) is 1.55. The van der Waals surface area contributed by atoms with Gasteiger partial charge in [-0.15, -0.1) is 11.3 Å². The molecule has 0 unspecified atom stereocenters. The largest absolute Gasteiger partial charge is 0.474 e. The molecule has 88 valence electrons. The maximum atomic E-state index is 5.64. The number of rotatable bonds is 1. The van der Waals surface area contributed by atoms with Crippen LogP contribution in [0.2, 0.25) is 0 Å². The van der Waals surface area contributed by atoms with E-state index in [0.29, 0.717) is 6.61 Å². The Hall–Kier alpha value is -0.830. The summed E-state index contributed by atoms with van der Waals surface area (Å²) in [4.78, 5) is 5.74. The van der Waals surface area contributed by atoms with Crippen LogP contribution in [0.25, 0.3) is 0 Å². The number of nitrogens with zero attached hydrogens (tertiary/aromatic N) is 1. The van der Waals surface area contributed by atoms with E-state index < -0.39 is 0 Å². The lowest BCUT2D eigenvalue weighted by Crippen LogP contribution is -2.17. The molecular formula is C13H19NOS. The molecule has 3 heteroatoms. The predicted molar refractivity (Wildman–Crippen MR) is 69.6 cm³/mol. The van der Waals surface area contributed by atoms with Gasteiger partial charge in [-0.05, 0) is 36.3 Å². The molecule has 0 N–H and O–H groups in total. The standard InChI is InChI=1S/C13H19NOS/c1-12(2,3)9-6-10(16-7-9)11-14-13(4,5)8-15-11/h6-7H,8H2,1-5H3. The Morgan fingerprint density at radius 3 is 2.50 bits per heavy atom. The van der Waals surface area contributed by atoms with Crippen molar-refractivity contribution in [3.63, 3.8) is 0 Å². The summed E-state index contributed by atoms with van der Waals surface area (Å²) < 4.78 is 5.64. The monoisotopic (exact) mass is 237 g/mol. The van der Waals surface area contributed by atoms with Crippen molar-refractivity contribution < 1.29 is 4.74 Å². The Morgan fingerprint density at radius 2 is 2.06 bits per heavy atom. The predicted octanol–water partition coefficient (Wildman–Crippen LogP) is 3.60. The molecule has 2 rings (SSSR count). The van der Waals surface area contributed by atoms with E-state index in [9.17, 15) is 0 Å². The third-order valence-corrected chi connectivity index (χ3v) is 3.56. The summed E-state index contributed by atoms with van der Waals surface area (Å²) in [5.41, 5.74) is 1.48. The Balaban J connectivity index is 2.27. The van der Waals surface area contributed by atoms with Gasteiger partial charge < -0.3 is 4.74 Å². The zero-order valence-electron chi connectivity index (χ0n) is 10.6. The first kappa shape index (κ1) is 11.6. The van der Waals surface area contributed by atoms with Crippen LogP contribution in [0.4, 0.5) is 0 Å². The molecule has 1 aromatic rings. The molecule has 2 nitrogen and oxygen atoms in total. The molecule has 1 aliphatic heterocycles. The van der Waals surface area contributed by atoms with Crippen molar-refractivity contribution in [1.82, 2.24) is 0 Å². The lowest BCUT2D eigenvalue weighted by molar-refractivity contribution is 0.280. The highest BCUT2D eigenvalue weighted by atomic mass is 32.1. The first-order chi connectivity index (χ1) is 7.28. The van der Waals surface area contributed by atoms with E-state index in [-0.39, 0.29) is 11.0 Å². The Kier molecular flexibility index (Phi) is 2.61. The summed E-state index contributed by atoms with van der Waals surface area (Å²) in [5.74, 6) is 0.811. The van der Waals surface area contributed by atoms with E-state index in [2.05, 4.69) is 51.1 Å². The van der Waals surface area contributed by atoms with Crippen LogP contribution in [-0.2, 0) is 10.2 Å².